The van der Waals surface area contributed by atoms with Gasteiger partial charge in [0.2, 0.25) is 0 Å². The van der Waals surface area contributed by atoms with Crippen LogP contribution in [0.25, 0.3) is 0 Å². The lowest BCUT2D eigenvalue weighted by Crippen LogP contribution is -2.21. The van der Waals surface area contributed by atoms with Crippen LogP contribution in [-0.2, 0) is 6.18 Å². The predicted molar refractivity (Wildman–Crippen MR) is 71.6 cm³/mol. The van der Waals surface area contributed by atoms with Crippen LogP contribution in [0.4, 0.5) is 24.5 Å². The minimum Gasteiger partial charge on any atom is -0.381 e. The van der Waals surface area contributed by atoms with Crippen LogP contribution in [0.15, 0.2) is 18.2 Å². The normalized spacial score (nSPS) is 16.2. The number of hydrogen-bond acceptors (Lipinski definition) is 2. The van der Waals surface area contributed by atoms with Gasteiger partial charge in [-0.2, -0.15) is 13.2 Å². The van der Waals surface area contributed by atoms with Crippen molar-refractivity contribution in [2.45, 2.75) is 38.9 Å². The van der Waals surface area contributed by atoms with E-state index in [1.54, 1.807) is 6.07 Å². The largest absolute Gasteiger partial charge is 0.416 e. The molecule has 1 saturated heterocycles. The minimum absolute atomic E-state index is 0.102. The van der Waals surface area contributed by atoms with Crippen LogP contribution in [0.1, 0.15) is 32.3 Å². The minimum atomic E-state index is -4.29. The van der Waals surface area contributed by atoms with E-state index in [1.165, 1.54) is 12.1 Å². The summed E-state index contributed by atoms with van der Waals surface area (Å²) in [7, 11) is 0. The second kappa shape index (κ2) is 5.31. The summed E-state index contributed by atoms with van der Waals surface area (Å²) in [6.07, 6.45) is -2.10. The lowest BCUT2D eigenvalue weighted by Gasteiger charge is -2.24. The Morgan fingerprint density at radius 3 is 2.32 bits per heavy atom. The molecule has 5 heteroatoms. The van der Waals surface area contributed by atoms with E-state index in [-0.39, 0.29) is 6.04 Å². The molecule has 0 atom stereocenters. The first-order valence-electron chi connectivity index (χ1n) is 6.60. The smallest absolute Gasteiger partial charge is 0.381 e. The number of halogens is 3. The van der Waals surface area contributed by atoms with Crippen molar-refractivity contribution in [3.05, 3.63) is 23.8 Å². The first kappa shape index (κ1) is 14.0. The van der Waals surface area contributed by atoms with Crippen LogP contribution in [-0.4, -0.2) is 19.1 Å². The quantitative estimate of drug-likeness (QED) is 0.890. The number of benzene rings is 1. The molecule has 0 aliphatic carbocycles. The Bertz CT molecular complexity index is 435. The molecule has 2 nitrogen and oxygen atoms in total. The molecule has 1 aromatic rings. The molecule has 0 bridgehead atoms. The first-order chi connectivity index (χ1) is 8.88. The molecule has 1 aromatic carbocycles. The lowest BCUT2D eigenvalue weighted by atomic mass is 10.1. The van der Waals surface area contributed by atoms with Crippen molar-refractivity contribution in [3.63, 3.8) is 0 Å². The number of anilines is 2. The molecule has 0 aromatic heterocycles. The summed E-state index contributed by atoms with van der Waals surface area (Å²) < 4.78 is 38.3. The van der Waals surface area contributed by atoms with Crippen LogP contribution in [0.3, 0.4) is 0 Å². The second-order valence-electron chi connectivity index (χ2n) is 5.22. The number of alkyl halides is 3. The molecule has 0 spiro atoms. The number of hydrogen-bond donors (Lipinski definition) is 1. The van der Waals surface area contributed by atoms with Crippen LogP contribution >= 0.6 is 0 Å². The van der Waals surface area contributed by atoms with Crippen LogP contribution < -0.4 is 10.2 Å². The second-order valence-corrected chi connectivity index (χ2v) is 5.22. The molecule has 2 rings (SSSR count). The zero-order chi connectivity index (χ0) is 14.0. The third-order valence-electron chi connectivity index (χ3n) is 3.21. The molecular weight excluding hydrogens is 253 g/mol. The molecule has 1 aliphatic heterocycles. The van der Waals surface area contributed by atoms with E-state index < -0.39 is 11.7 Å². The van der Waals surface area contributed by atoms with Crippen LogP contribution in [0.5, 0.6) is 0 Å². The fourth-order valence-corrected chi connectivity index (χ4v) is 2.37. The molecule has 0 saturated carbocycles. The van der Waals surface area contributed by atoms with Gasteiger partial charge in [0.05, 0.1) is 16.9 Å². The van der Waals surface area contributed by atoms with Gasteiger partial charge >= 0.3 is 6.18 Å². The topological polar surface area (TPSA) is 15.3 Å². The maximum Gasteiger partial charge on any atom is 0.416 e. The van der Waals surface area contributed by atoms with Gasteiger partial charge in [0.25, 0.3) is 0 Å². The zero-order valence-corrected chi connectivity index (χ0v) is 11.2. The number of nitrogens with zero attached hydrogens (tertiary/aromatic N) is 1. The summed E-state index contributed by atoms with van der Waals surface area (Å²) in [6, 6.07) is 4.07. The molecule has 19 heavy (non-hydrogen) atoms. The van der Waals surface area contributed by atoms with Gasteiger partial charge in [-0.05, 0) is 44.9 Å². The van der Waals surface area contributed by atoms with Crippen LogP contribution in [0, 0.1) is 0 Å². The molecule has 0 radical (unpaired) electrons. The van der Waals surface area contributed by atoms with Gasteiger partial charge in [0.15, 0.2) is 0 Å². The highest BCUT2D eigenvalue weighted by atomic mass is 19.4. The zero-order valence-electron chi connectivity index (χ0n) is 11.2. The summed E-state index contributed by atoms with van der Waals surface area (Å²) in [5.74, 6) is 0. The van der Waals surface area contributed by atoms with Gasteiger partial charge in [0, 0.05) is 19.1 Å². The molecule has 1 N–H and O–H groups in total. The highest BCUT2D eigenvalue weighted by Crippen LogP contribution is 2.36. The van der Waals surface area contributed by atoms with Crippen molar-refractivity contribution in [1.29, 1.82) is 0 Å². The van der Waals surface area contributed by atoms with Crippen molar-refractivity contribution in [2.24, 2.45) is 0 Å². The van der Waals surface area contributed by atoms with E-state index in [1.807, 2.05) is 13.8 Å². The van der Waals surface area contributed by atoms with E-state index in [0.29, 0.717) is 5.69 Å². The maximum atomic E-state index is 12.8. The number of nitrogens with one attached hydrogen (secondary N) is 1. The van der Waals surface area contributed by atoms with Crippen molar-refractivity contribution in [2.75, 3.05) is 23.3 Å². The molecule has 1 heterocycles. The highest BCUT2D eigenvalue weighted by Gasteiger charge is 2.31. The molecule has 1 fully saturated rings. The van der Waals surface area contributed by atoms with Gasteiger partial charge < -0.3 is 10.2 Å². The fourth-order valence-electron chi connectivity index (χ4n) is 2.37. The van der Waals surface area contributed by atoms with Gasteiger partial charge in [-0.25, -0.2) is 0 Å². The summed E-state index contributed by atoms with van der Waals surface area (Å²) in [5, 5.41) is 3.12. The van der Waals surface area contributed by atoms with Crippen LogP contribution in [0.2, 0.25) is 0 Å². The summed E-state index contributed by atoms with van der Waals surface area (Å²) >= 11 is 0. The Kier molecular flexibility index (Phi) is 3.92. The average Bonchev–Trinajstić information content (AvgIpc) is 2.80. The SMILES string of the molecule is CC(C)Nc1cc(C(F)(F)F)ccc1N1CCCC1. The Morgan fingerprint density at radius 2 is 1.79 bits per heavy atom. The molecule has 0 amide bonds. The van der Waals surface area contributed by atoms with Crippen molar-refractivity contribution < 1.29 is 13.2 Å². The predicted octanol–water partition coefficient (Wildman–Crippen LogP) is 4.13. The molecule has 0 unspecified atom stereocenters. The van der Waals surface area contributed by atoms with Crippen molar-refractivity contribution in [3.8, 4) is 0 Å². The molecule has 106 valence electrons. The molecular formula is C14H19F3N2. The average molecular weight is 272 g/mol. The summed E-state index contributed by atoms with van der Waals surface area (Å²) in [6.45, 7) is 5.68. The Hall–Kier alpha value is -1.39. The van der Waals surface area contributed by atoms with E-state index in [9.17, 15) is 13.2 Å². The van der Waals surface area contributed by atoms with Gasteiger partial charge in [-0.15, -0.1) is 0 Å². The summed E-state index contributed by atoms with van der Waals surface area (Å²) in [5.41, 5.74) is 0.851. The van der Waals surface area contributed by atoms with Crippen molar-refractivity contribution >= 4 is 11.4 Å². The van der Waals surface area contributed by atoms with Gasteiger partial charge in [-0.3, -0.25) is 0 Å². The Labute approximate surface area is 111 Å². The van der Waals surface area contributed by atoms with Crippen molar-refractivity contribution in [1.82, 2.24) is 0 Å². The standard InChI is InChI=1S/C14H19F3N2/c1-10(2)18-12-9-11(14(15,16)17)5-6-13(12)19-7-3-4-8-19/h5-6,9-10,18H,3-4,7-8H2,1-2H3. The van der Waals surface area contributed by atoms with Gasteiger partial charge in [-0.1, -0.05) is 0 Å². The van der Waals surface area contributed by atoms with E-state index in [0.717, 1.165) is 31.6 Å². The third kappa shape index (κ3) is 3.33. The molecule has 1 aliphatic rings. The van der Waals surface area contributed by atoms with E-state index in [2.05, 4.69) is 10.2 Å². The third-order valence-corrected chi connectivity index (χ3v) is 3.21. The van der Waals surface area contributed by atoms with E-state index >= 15 is 0 Å². The highest BCUT2D eigenvalue weighted by molar-refractivity contribution is 5.71. The Morgan fingerprint density at radius 1 is 1.16 bits per heavy atom. The van der Waals surface area contributed by atoms with E-state index in [4.69, 9.17) is 0 Å². The number of rotatable bonds is 3. The fraction of sp³-hybridized carbons (Fsp3) is 0.571. The Balaban J connectivity index is 2.36. The first-order valence-corrected chi connectivity index (χ1v) is 6.60. The van der Waals surface area contributed by atoms with Gasteiger partial charge in [0.1, 0.15) is 0 Å². The summed E-state index contributed by atoms with van der Waals surface area (Å²) in [4.78, 5) is 2.14. The monoisotopic (exact) mass is 272 g/mol. The maximum absolute atomic E-state index is 12.8. The lowest BCUT2D eigenvalue weighted by molar-refractivity contribution is -0.137.